The van der Waals surface area contributed by atoms with Crippen LogP contribution in [0.2, 0.25) is 5.02 Å². The van der Waals surface area contributed by atoms with Gasteiger partial charge in [0.1, 0.15) is 0 Å². The summed E-state index contributed by atoms with van der Waals surface area (Å²) in [6.45, 7) is 0. The minimum atomic E-state index is -0.352. The number of hydrogen-bond donors (Lipinski definition) is 1. The summed E-state index contributed by atoms with van der Waals surface area (Å²) in [5, 5.41) is 0.434. The summed E-state index contributed by atoms with van der Waals surface area (Å²) >= 11 is 7.53. The van der Waals surface area contributed by atoms with Gasteiger partial charge in [0.2, 0.25) is 0 Å². The monoisotopic (exact) mass is 332 g/mol. The van der Waals surface area contributed by atoms with E-state index in [1.807, 2.05) is 6.26 Å². The average molecular weight is 333 g/mol. The van der Waals surface area contributed by atoms with Gasteiger partial charge < -0.3 is 5.73 Å². The number of thioether (sulfide) groups is 1. The maximum absolute atomic E-state index is 12.6. The zero-order valence-electron chi connectivity index (χ0n) is 11.8. The van der Waals surface area contributed by atoms with Gasteiger partial charge >= 0.3 is 0 Å². The van der Waals surface area contributed by atoms with Gasteiger partial charge in [-0.3, -0.25) is 9.59 Å². The van der Waals surface area contributed by atoms with E-state index in [2.05, 4.69) is 0 Å². The van der Waals surface area contributed by atoms with Crippen molar-refractivity contribution >= 4 is 46.6 Å². The molecule has 112 valence electrons. The first-order valence-corrected chi connectivity index (χ1v) is 8.36. The molecule has 0 bridgehead atoms. The van der Waals surface area contributed by atoms with Gasteiger partial charge in [-0.2, -0.15) is 11.8 Å². The standard InChI is InChI=1S/C16H13ClN2O2S/c1-22-8-9-6-11(18)3-5-14(9)19-15(20)12-4-2-10(17)7-13(12)16(19)21/h2-7H,8,18H2,1H3. The van der Waals surface area contributed by atoms with Crippen LogP contribution in [0.3, 0.4) is 0 Å². The van der Waals surface area contributed by atoms with Crippen LogP contribution in [-0.2, 0) is 5.75 Å². The molecule has 4 nitrogen and oxygen atoms in total. The van der Waals surface area contributed by atoms with Crippen LogP contribution in [-0.4, -0.2) is 18.1 Å². The highest BCUT2D eigenvalue weighted by Gasteiger charge is 2.37. The third-order valence-electron chi connectivity index (χ3n) is 3.49. The second-order valence-electron chi connectivity index (χ2n) is 4.96. The topological polar surface area (TPSA) is 63.4 Å². The number of benzene rings is 2. The molecular weight excluding hydrogens is 320 g/mol. The Morgan fingerprint density at radius 2 is 1.82 bits per heavy atom. The van der Waals surface area contributed by atoms with Crippen molar-refractivity contribution in [1.29, 1.82) is 0 Å². The summed E-state index contributed by atoms with van der Waals surface area (Å²) in [4.78, 5) is 26.4. The van der Waals surface area contributed by atoms with Gasteiger partial charge in [-0.15, -0.1) is 0 Å². The minimum absolute atomic E-state index is 0.330. The Morgan fingerprint density at radius 1 is 1.09 bits per heavy atom. The second kappa shape index (κ2) is 5.66. The third-order valence-corrected chi connectivity index (χ3v) is 4.33. The Hall–Kier alpha value is -1.98. The van der Waals surface area contributed by atoms with Crippen LogP contribution < -0.4 is 10.6 Å². The summed E-state index contributed by atoms with van der Waals surface area (Å²) < 4.78 is 0. The highest BCUT2D eigenvalue weighted by molar-refractivity contribution is 7.97. The van der Waals surface area contributed by atoms with E-state index in [-0.39, 0.29) is 11.8 Å². The first-order valence-electron chi connectivity index (χ1n) is 6.58. The molecule has 2 aromatic rings. The minimum Gasteiger partial charge on any atom is -0.399 e. The molecule has 1 aliphatic rings. The average Bonchev–Trinajstić information content (AvgIpc) is 2.72. The highest BCUT2D eigenvalue weighted by Crippen LogP contribution is 2.34. The lowest BCUT2D eigenvalue weighted by Gasteiger charge is -2.18. The molecule has 0 saturated heterocycles. The third kappa shape index (κ3) is 2.36. The van der Waals surface area contributed by atoms with Crippen LogP contribution in [0.1, 0.15) is 26.3 Å². The lowest BCUT2D eigenvalue weighted by Crippen LogP contribution is -2.30. The predicted molar refractivity (Wildman–Crippen MR) is 90.7 cm³/mol. The van der Waals surface area contributed by atoms with Gasteiger partial charge in [0.15, 0.2) is 0 Å². The zero-order valence-corrected chi connectivity index (χ0v) is 13.4. The van der Waals surface area contributed by atoms with Crippen LogP contribution in [0.5, 0.6) is 0 Å². The number of amides is 2. The number of nitrogens with zero attached hydrogens (tertiary/aromatic N) is 1. The van der Waals surface area contributed by atoms with Gasteiger partial charge in [-0.1, -0.05) is 11.6 Å². The van der Waals surface area contributed by atoms with Gasteiger partial charge in [-0.25, -0.2) is 4.90 Å². The number of hydrogen-bond acceptors (Lipinski definition) is 4. The molecule has 2 N–H and O–H groups in total. The van der Waals surface area contributed by atoms with Crippen LogP contribution in [0.15, 0.2) is 36.4 Å². The Balaban J connectivity index is 2.11. The summed E-state index contributed by atoms with van der Waals surface area (Å²) in [7, 11) is 0. The van der Waals surface area contributed by atoms with E-state index in [1.54, 1.807) is 42.1 Å². The Kier molecular flexibility index (Phi) is 3.85. The van der Waals surface area contributed by atoms with Crippen LogP contribution in [0, 0.1) is 0 Å². The highest BCUT2D eigenvalue weighted by atomic mass is 35.5. The van der Waals surface area contributed by atoms with Crippen LogP contribution in [0.4, 0.5) is 11.4 Å². The fourth-order valence-corrected chi connectivity index (χ4v) is 3.24. The fourth-order valence-electron chi connectivity index (χ4n) is 2.53. The van der Waals surface area contributed by atoms with E-state index >= 15 is 0 Å². The van der Waals surface area contributed by atoms with Gasteiger partial charge in [0, 0.05) is 16.5 Å². The number of nitrogen functional groups attached to an aromatic ring is 1. The molecule has 0 radical (unpaired) electrons. The molecule has 0 saturated carbocycles. The molecule has 0 unspecified atom stereocenters. The zero-order chi connectivity index (χ0) is 15.9. The first-order chi connectivity index (χ1) is 10.5. The molecule has 22 heavy (non-hydrogen) atoms. The van der Waals surface area contributed by atoms with Gasteiger partial charge in [0.05, 0.1) is 16.8 Å². The molecule has 2 aromatic carbocycles. The van der Waals surface area contributed by atoms with E-state index in [1.165, 1.54) is 11.0 Å². The van der Waals surface area contributed by atoms with E-state index < -0.39 is 0 Å². The molecule has 0 spiro atoms. The summed E-state index contributed by atoms with van der Waals surface area (Å²) in [5.41, 5.74) is 8.56. The number of fused-ring (bicyclic) bond motifs is 1. The first kappa shape index (κ1) is 14.9. The number of anilines is 2. The van der Waals surface area contributed by atoms with Crippen molar-refractivity contribution in [2.24, 2.45) is 0 Å². The van der Waals surface area contributed by atoms with E-state index in [9.17, 15) is 9.59 Å². The molecule has 3 rings (SSSR count). The Bertz CT molecular complexity index is 792. The molecule has 0 aliphatic carbocycles. The van der Waals surface area contributed by atoms with Gasteiger partial charge in [-0.05, 0) is 48.2 Å². The quantitative estimate of drug-likeness (QED) is 0.689. The van der Waals surface area contributed by atoms with E-state index in [0.29, 0.717) is 33.3 Å². The van der Waals surface area contributed by atoms with Crippen molar-refractivity contribution in [1.82, 2.24) is 0 Å². The maximum atomic E-state index is 12.6. The van der Waals surface area contributed by atoms with E-state index in [0.717, 1.165) is 5.56 Å². The molecule has 0 aromatic heterocycles. The van der Waals surface area contributed by atoms with Crippen molar-refractivity contribution in [3.63, 3.8) is 0 Å². The Morgan fingerprint density at radius 3 is 2.55 bits per heavy atom. The largest absolute Gasteiger partial charge is 0.399 e. The summed E-state index contributed by atoms with van der Waals surface area (Å²) in [6, 6.07) is 9.93. The summed E-state index contributed by atoms with van der Waals surface area (Å²) in [5.74, 6) is -0.0208. The summed E-state index contributed by atoms with van der Waals surface area (Å²) in [6.07, 6.45) is 1.95. The molecule has 1 aliphatic heterocycles. The van der Waals surface area contributed by atoms with Crippen molar-refractivity contribution in [3.05, 3.63) is 58.1 Å². The SMILES string of the molecule is CSCc1cc(N)ccc1N1C(=O)c2ccc(Cl)cc2C1=O. The van der Waals surface area contributed by atoms with E-state index in [4.69, 9.17) is 17.3 Å². The number of nitrogens with two attached hydrogens (primary N) is 1. The maximum Gasteiger partial charge on any atom is 0.266 e. The van der Waals surface area contributed by atoms with Crippen LogP contribution >= 0.6 is 23.4 Å². The van der Waals surface area contributed by atoms with Crippen LogP contribution in [0.25, 0.3) is 0 Å². The number of halogens is 1. The normalized spacial score (nSPS) is 13.6. The fraction of sp³-hybridized carbons (Fsp3) is 0.125. The lowest BCUT2D eigenvalue weighted by atomic mass is 10.1. The molecule has 2 amide bonds. The van der Waals surface area contributed by atoms with Gasteiger partial charge in [0.25, 0.3) is 11.8 Å². The van der Waals surface area contributed by atoms with Crippen molar-refractivity contribution in [2.45, 2.75) is 5.75 Å². The molecular formula is C16H13ClN2O2S. The number of imide groups is 1. The van der Waals surface area contributed by atoms with Crippen molar-refractivity contribution in [2.75, 3.05) is 16.9 Å². The molecule has 1 heterocycles. The lowest BCUT2D eigenvalue weighted by molar-refractivity contribution is 0.0926. The Labute approximate surface area is 137 Å². The number of rotatable bonds is 3. The number of carbonyl (C=O) groups is 2. The molecule has 0 fully saturated rings. The second-order valence-corrected chi connectivity index (χ2v) is 6.26. The number of carbonyl (C=O) groups excluding carboxylic acids is 2. The van der Waals surface area contributed by atoms with Crippen molar-refractivity contribution < 1.29 is 9.59 Å². The van der Waals surface area contributed by atoms with Crippen molar-refractivity contribution in [3.8, 4) is 0 Å². The molecule has 0 atom stereocenters. The smallest absolute Gasteiger partial charge is 0.266 e. The molecule has 6 heteroatoms. The predicted octanol–water partition coefficient (Wildman–Crippen LogP) is 3.59.